The summed E-state index contributed by atoms with van der Waals surface area (Å²) >= 11 is 0. The Balaban J connectivity index is 2.18. The third-order valence-electron chi connectivity index (χ3n) is 3.44. The maximum atomic E-state index is 5.78. The van der Waals surface area contributed by atoms with Gasteiger partial charge in [-0.3, -0.25) is 4.90 Å². The molecular weight excluding hydrogens is 212 g/mol. The molecule has 0 unspecified atom stereocenters. The normalized spacial score (nSPS) is 12.5. The molecule has 0 saturated heterocycles. The summed E-state index contributed by atoms with van der Waals surface area (Å²) in [6.45, 7) is 5.85. The highest BCUT2D eigenvalue weighted by molar-refractivity contribution is 5.74. The molecule has 2 aromatic rings. The van der Waals surface area contributed by atoms with E-state index in [9.17, 15) is 0 Å². The van der Waals surface area contributed by atoms with E-state index in [1.165, 1.54) is 5.56 Å². The standard InChI is InChI=1S/C13H20N4/c1-13(2,8-14)17(3)7-10-4-5-11-12(6-10)16-9-15-11/h4-6,9H,7-8,14H2,1-3H3,(H,15,16). The highest BCUT2D eigenvalue weighted by Gasteiger charge is 2.21. The molecule has 1 aromatic carbocycles. The second-order valence-corrected chi connectivity index (χ2v) is 5.13. The van der Waals surface area contributed by atoms with Crippen LogP contribution in [0.2, 0.25) is 0 Å². The third kappa shape index (κ3) is 2.48. The molecular formula is C13H20N4. The first kappa shape index (κ1) is 12.1. The van der Waals surface area contributed by atoms with Gasteiger partial charge >= 0.3 is 0 Å². The van der Waals surface area contributed by atoms with Crippen molar-refractivity contribution in [2.75, 3.05) is 13.6 Å². The predicted molar refractivity (Wildman–Crippen MR) is 70.7 cm³/mol. The van der Waals surface area contributed by atoms with Crippen molar-refractivity contribution in [3.63, 3.8) is 0 Å². The number of hydrogen-bond acceptors (Lipinski definition) is 3. The van der Waals surface area contributed by atoms with E-state index in [2.05, 4.69) is 47.9 Å². The van der Waals surface area contributed by atoms with Crippen molar-refractivity contribution >= 4 is 11.0 Å². The van der Waals surface area contributed by atoms with Crippen LogP contribution in [0.15, 0.2) is 24.5 Å². The maximum absolute atomic E-state index is 5.78. The number of hydrogen-bond donors (Lipinski definition) is 2. The van der Waals surface area contributed by atoms with Crippen molar-refractivity contribution in [1.29, 1.82) is 0 Å². The Morgan fingerprint density at radius 1 is 1.41 bits per heavy atom. The van der Waals surface area contributed by atoms with E-state index in [4.69, 9.17) is 5.73 Å². The number of fused-ring (bicyclic) bond motifs is 1. The molecule has 4 nitrogen and oxygen atoms in total. The van der Waals surface area contributed by atoms with Crippen LogP contribution in [-0.2, 0) is 6.54 Å². The lowest BCUT2D eigenvalue weighted by molar-refractivity contribution is 0.156. The number of likely N-dealkylation sites (N-methyl/N-ethyl adjacent to an activating group) is 1. The molecule has 0 aliphatic rings. The zero-order valence-corrected chi connectivity index (χ0v) is 10.7. The zero-order valence-electron chi connectivity index (χ0n) is 10.7. The molecule has 0 radical (unpaired) electrons. The van der Waals surface area contributed by atoms with E-state index in [1.54, 1.807) is 6.33 Å². The topological polar surface area (TPSA) is 57.9 Å². The molecule has 1 aromatic heterocycles. The van der Waals surface area contributed by atoms with Crippen molar-refractivity contribution in [2.45, 2.75) is 25.9 Å². The van der Waals surface area contributed by atoms with Gasteiger partial charge < -0.3 is 10.7 Å². The average Bonchev–Trinajstić information content (AvgIpc) is 2.76. The van der Waals surface area contributed by atoms with Gasteiger partial charge in [-0.2, -0.15) is 0 Å². The predicted octanol–water partition coefficient (Wildman–Crippen LogP) is 1.73. The number of imidazole rings is 1. The highest BCUT2D eigenvalue weighted by atomic mass is 15.2. The molecule has 0 aliphatic carbocycles. The number of nitrogens with one attached hydrogen (secondary N) is 1. The van der Waals surface area contributed by atoms with Crippen molar-refractivity contribution in [2.24, 2.45) is 5.73 Å². The number of aromatic nitrogens is 2. The summed E-state index contributed by atoms with van der Waals surface area (Å²) in [6.07, 6.45) is 1.72. The van der Waals surface area contributed by atoms with Crippen LogP contribution in [0.1, 0.15) is 19.4 Å². The third-order valence-corrected chi connectivity index (χ3v) is 3.44. The Kier molecular flexibility index (Phi) is 3.17. The van der Waals surface area contributed by atoms with Crippen LogP contribution in [-0.4, -0.2) is 34.0 Å². The maximum Gasteiger partial charge on any atom is 0.0931 e. The summed E-state index contributed by atoms with van der Waals surface area (Å²) in [5.41, 5.74) is 9.16. The van der Waals surface area contributed by atoms with Crippen LogP contribution >= 0.6 is 0 Å². The van der Waals surface area contributed by atoms with E-state index in [1.807, 2.05) is 6.07 Å². The van der Waals surface area contributed by atoms with Crippen LogP contribution in [0.3, 0.4) is 0 Å². The molecule has 0 amide bonds. The minimum atomic E-state index is 0.0168. The Bertz CT molecular complexity index is 501. The lowest BCUT2D eigenvalue weighted by Gasteiger charge is -2.34. The number of nitrogens with zero attached hydrogens (tertiary/aromatic N) is 2. The Labute approximate surface area is 102 Å². The van der Waals surface area contributed by atoms with Gasteiger partial charge in [-0.05, 0) is 38.6 Å². The number of rotatable bonds is 4. The van der Waals surface area contributed by atoms with Gasteiger partial charge in [-0.1, -0.05) is 6.07 Å². The fourth-order valence-electron chi connectivity index (χ4n) is 1.72. The molecule has 0 atom stereocenters. The molecule has 0 bridgehead atoms. The van der Waals surface area contributed by atoms with Crippen LogP contribution in [0.25, 0.3) is 11.0 Å². The van der Waals surface area contributed by atoms with Crippen molar-refractivity contribution in [3.8, 4) is 0 Å². The fourth-order valence-corrected chi connectivity index (χ4v) is 1.72. The second-order valence-electron chi connectivity index (χ2n) is 5.13. The average molecular weight is 232 g/mol. The first-order valence-electron chi connectivity index (χ1n) is 5.86. The van der Waals surface area contributed by atoms with Gasteiger partial charge in [0.25, 0.3) is 0 Å². The molecule has 3 N–H and O–H groups in total. The molecule has 0 spiro atoms. The van der Waals surface area contributed by atoms with Gasteiger partial charge in [0.2, 0.25) is 0 Å². The Morgan fingerprint density at radius 2 is 2.18 bits per heavy atom. The minimum absolute atomic E-state index is 0.0168. The molecule has 92 valence electrons. The first-order valence-corrected chi connectivity index (χ1v) is 5.86. The van der Waals surface area contributed by atoms with Crippen LogP contribution < -0.4 is 5.73 Å². The van der Waals surface area contributed by atoms with Gasteiger partial charge in [0.15, 0.2) is 0 Å². The highest BCUT2D eigenvalue weighted by Crippen LogP contribution is 2.17. The minimum Gasteiger partial charge on any atom is -0.345 e. The number of H-pyrrole nitrogens is 1. The lowest BCUT2D eigenvalue weighted by atomic mass is 10.0. The summed E-state index contributed by atoms with van der Waals surface area (Å²) in [7, 11) is 2.10. The monoisotopic (exact) mass is 232 g/mol. The number of aromatic amines is 1. The molecule has 4 heteroatoms. The summed E-state index contributed by atoms with van der Waals surface area (Å²) in [4.78, 5) is 9.61. The largest absolute Gasteiger partial charge is 0.345 e. The van der Waals surface area contributed by atoms with Gasteiger partial charge in [0.1, 0.15) is 0 Å². The quantitative estimate of drug-likeness (QED) is 0.844. The van der Waals surface area contributed by atoms with Crippen molar-refractivity contribution in [1.82, 2.24) is 14.9 Å². The van der Waals surface area contributed by atoms with Crippen LogP contribution in [0.5, 0.6) is 0 Å². The summed E-state index contributed by atoms with van der Waals surface area (Å²) < 4.78 is 0. The SMILES string of the molecule is CN(Cc1ccc2nc[nH]c2c1)C(C)(C)CN. The van der Waals surface area contributed by atoms with E-state index in [0.29, 0.717) is 6.54 Å². The Hall–Kier alpha value is -1.39. The summed E-state index contributed by atoms with van der Waals surface area (Å²) in [5, 5.41) is 0. The van der Waals surface area contributed by atoms with Crippen LogP contribution in [0, 0.1) is 0 Å². The zero-order chi connectivity index (χ0) is 12.5. The lowest BCUT2D eigenvalue weighted by Crippen LogP contribution is -2.46. The second kappa shape index (κ2) is 4.47. The number of nitrogens with two attached hydrogens (primary N) is 1. The van der Waals surface area contributed by atoms with Gasteiger partial charge in [0, 0.05) is 18.6 Å². The summed E-state index contributed by atoms with van der Waals surface area (Å²) in [6, 6.07) is 6.31. The van der Waals surface area contributed by atoms with Crippen LogP contribution in [0.4, 0.5) is 0 Å². The fraction of sp³-hybridized carbons (Fsp3) is 0.462. The smallest absolute Gasteiger partial charge is 0.0931 e. The first-order chi connectivity index (χ1) is 8.03. The Morgan fingerprint density at radius 3 is 2.88 bits per heavy atom. The van der Waals surface area contributed by atoms with Crippen molar-refractivity contribution in [3.05, 3.63) is 30.1 Å². The van der Waals surface area contributed by atoms with Gasteiger partial charge in [-0.15, -0.1) is 0 Å². The molecule has 0 aliphatic heterocycles. The molecule has 17 heavy (non-hydrogen) atoms. The van der Waals surface area contributed by atoms with E-state index in [0.717, 1.165) is 17.6 Å². The molecule has 2 rings (SSSR count). The van der Waals surface area contributed by atoms with E-state index >= 15 is 0 Å². The molecule has 0 saturated carbocycles. The molecule has 0 fully saturated rings. The van der Waals surface area contributed by atoms with E-state index in [-0.39, 0.29) is 5.54 Å². The van der Waals surface area contributed by atoms with Gasteiger partial charge in [0.05, 0.1) is 17.4 Å². The molecule has 1 heterocycles. The van der Waals surface area contributed by atoms with E-state index < -0.39 is 0 Å². The van der Waals surface area contributed by atoms with Crippen molar-refractivity contribution < 1.29 is 0 Å². The summed E-state index contributed by atoms with van der Waals surface area (Å²) in [5.74, 6) is 0. The van der Waals surface area contributed by atoms with Gasteiger partial charge in [-0.25, -0.2) is 4.98 Å². The number of benzene rings is 1.